The third-order valence-corrected chi connectivity index (χ3v) is 1.41. The molecule has 0 aliphatic rings. The summed E-state index contributed by atoms with van der Waals surface area (Å²) >= 11 is 0. The summed E-state index contributed by atoms with van der Waals surface area (Å²) in [5.74, 6) is -0.752. The fourth-order valence-electron chi connectivity index (χ4n) is 0.757. The van der Waals surface area contributed by atoms with Crippen molar-refractivity contribution in [1.29, 1.82) is 0 Å². The molecule has 0 spiro atoms. The minimum Gasteiger partial charge on any atom is -0.394 e. The number of nitrogens with two attached hydrogens (primary N) is 2. The van der Waals surface area contributed by atoms with Crippen LogP contribution in [-0.4, -0.2) is 4.92 Å². The molecule has 5 nitrogen and oxygen atoms in total. The van der Waals surface area contributed by atoms with Crippen LogP contribution in [0.5, 0.6) is 0 Å². The summed E-state index contributed by atoms with van der Waals surface area (Å²) in [6.07, 6.45) is 0. The molecule has 0 radical (unpaired) electrons. The van der Waals surface area contributed by atoms with Gasteiger partial charge in [0.05, 0.1) is 10.6 Å². The summed E-state index contributed by atoms with van der Waals surface area (Å²) in [4.78, 5) is 9.52. The Hall–Kier alpha value is -1.85. The molecule has 0 amide bonds. The molecule has 0 aliphatic carbocycles. The number of hydrogen-bond donors (Lipinski definition) is 2. The Morgan fingerprint density at radius 2 is 1.92 bits per heavy atom. The Morgan fingerprint density at radius 1 is 1.33 bits per heavy atom. The van der Waals surface area contributed by atoms with Crippen molar-refractivity contribution in [1.82, 2.24) is 0 Å². The van der Waals surface area contributed by atoms with Crippen LogP contribution in [0.1, 0.15) is 0 Å². The normalized spacial score (nSPS) is 9.75. The maximum absolute atomic E-state index is 12.6. The summed E-state index contributed by atoms with van der Waals surface area (Å²) in [5.41, 5.74) is 9.19. The highest BCUT2D eigenvalue weighted by molar-refractivity contribution is 5.74. The molecule has 0 aliphatic heterocycles. The van der Waals surface area contributed by atoms with Crippen LogP contribution in [0.4, 0.5) is 21.5 Å². The van der Waals surface area contributed by atoms with E-state index in [1.54, 1.807) is 0 Å². The van der Waals surface area contributed by atoms with Crippen molar-refractivity contribution >= 4 is 17.1 Å². The lowest BCUT2D eigenvalue weighted by atomic mass is 10.2. The summed E-state index contributed by atoms with van der Waals surface area (Å²) in [6, 6.07) is 1.88. The van der Waals surface area contributed by atoms with Gasteiger partial charge in [-0.05, 0) is 6.07 Å². The first-order valence-electron chi connectivity index (χ1n) is 3.02. The zero-order valence-corrected chi connectivity index (χ0v) is 5.95. The summed E-state index contributed by atoms with van der Waals surface area (Å²) in [6.45, 7) is 0. The van der Waals surface area contributed by atoms with E-state index in [2.05, 4.69) is 0 Å². The van der Waals surface area contributed by atoms with Crippen molar-refractivity contribution in [3.63, 3.8) is 0 Å². The highest BCUT2D eigenvalue weighted by Gasteiger charge is 2.15. The van der Waals surface area contributed by atoms with E-state index in [9.17, 15) is 14.5 Å². The van der Waals surface area contributed by atoms with Gasteiger partial charge in [-0.1, -0.05) is 0 Å². The molecule has 0 unspecified atom stereocenters. The zero-order chi connectivity index (χ0) is 9.30. The molecule has 1 rings (SSSR count). The second-order valence-corrected chi connectivity index (χ2v) is 2.15. The number of nitrogens with zero attached hydrogens (tertiary/aromatic N) is 1. The van der Waals surface area contributed by atoms with Crippen molar-refractivity contribution < 1.29 is 9.31 Å². The number of nitro groups is 1. The number of nitrogen functional groups attached to an aromatic ring is 2. The van der Waals surface area contributed by atoms with Gasteiger partial charge in [-0.3, -0.25) is 10.1 Å². The van der Waals surface area contributed by atoms with Crippen LogP contribution >= 0.6 is 0 Å². The maximum atomic E-state index is 12.6. The maximum Gasteiger partial charge on any atom is 0.294 e. The molecular formula is C6H6FN3O2. The van der Waals surface area contributed by atoms with E-state index >= 15 is 0 Å². The van der Waals surface area contributed by atoms with Crippen LogP contribution in [0.15, 0.2) is 12.1 Å². The molecule has 0 saturated heterocycles. The average molecular weight is 171 g/mol. The molecule has 1 aromatic carbocycles. The van der Waals surface area contributed by atoms with Crippen molar-refractivity contribution in [3.05, 3.63) is 28.1 Å². The van der Waals surface area contributed by atoms with Gasteiger partial charge < -0.3 is 11.5 Å². The first kappa shape index (κ1) is 8.25. The highest BCUT2D eigenvalue weighted by Crippen LogP contribution is 2.28. The molecule has 64 valence electrons. The van der Waals surface area contributed by atoms with Gasteiger partial charge in [0.2, 0.25) is 0 Å². The van der Waals surface area contributed by atoms with Crippen LogP contribution in [0.2, 0.25) is 0 Å². The van der Waals surface area contributed by atoms with Crippen LogP contribution < -0.4 is 11.5 Å². The Bertz CT molecular complexity index is 340. The first-order chi connectivity index (χ1) is 5.54. The molecule has 6 heteroatoms. The van der Waals surface area contributed by atoms with Gasteiger partial charge >= 0.3 is 0 Å². The number of hydrogen-bond acceptors (Lipinski definition) is 4. The van der Waals surface area contributed by atoms with Crippen LogP contribution in [-0.2, 0) is 0 Å². The predicted molar refractivity (Wildman–Crippen MR) is 41.9 cm³/mol. The predicted octanol–water partition coefficient (Wildman–Crippen LogP) is 0.898. The SMILES string of the molecule is Nc1c(F)ccc([N+](=O)[O-])c1N. The average Bonchev–Trinajstić information content (AvgIpc) is 2.00. The molecule has 0 heterocycles. The number of halogens is 1. The second kappa shape index (κ2) is 2.65. The number of rotatable bonds is 1. The Balaban J connectivity index is 3.36. The van der Waals surface area contributed by atoms with Crippen LogP contribution in [0, 0.1) is 15.9 Å². The second-order valence-electron chi connectivity index (χ2n) is 2.15. The molecule has 1 aromatic rings. The van der Waals surface area contributed by atoms with Crippen molar-refractivity contribution in [3.8, 4) is 0 Å². The van der Waals surface area contributed by atoms with Gasteiger partial charge in [-0.25, -0.2) is 4.39 Å². The minimum atomic E-state index is -0.752. The molecule has 12 heavy (non-hydrogen) atoms. The summed E-state index contributed by atoms with van der Waals surface area (Å²) in [5, 5.41) is 10.2. The number of benzene rings is 1. The quantitative estimate of drug-likeness (QED) is 0.372. The zero-order valence-electron chi connectivity index (χ0n) is 5.95. The molecule has 0 aromatic heterocycles. The summed E-state index contributed by atoms with van der Waals surface area (Å²) < 4.78 is 12.6. The third-order valence-electron chi connectivity index (χ3n) is 1.41. The molecule has 0 fully saturated rings. The lowest BCUT2D eigenvalue weighted by molar-refractivity contribution is -0.383. The number of nitro benzene ring substituents is 1. The third kappa shape index (κ3) is 1.14. The van der Waals surface area contributed by atoms with E-state index < -0.39 is 10.7 Å². The van der Waals surface area contributed by atoms with Crippen molar-refractivity contribution in [2.75, 3.05) is 11.5 Å². The number of anilines is 2. The van der Waals surface area contributed by atoms with Crippen LogP contribution in [0.3, 0.4) is 0 Å². The van der Waals surface area contributed by atoms with E-state index in [0.29, 0.717) is 0 Å². The molecule has 0 bridgehead atoms. The van der Waals surface area contributed by atoms with Crippen molar-refractivity contribution in [2.24, 2.45) is 0 Å². The van der Waals surface area contributed by atoms with E-state index in [-0.39, 0.29) is 17.1 Å². The van der Waals surface area contributed by atoms with Gasteiger partial charge in [0.25, 0.3) is 5.69 Å². The molecule has 0 atom stereocenters. The molecule has 0 saturated carbocycles. The Labute approximate surface area is 66.9 Å². The lowest BCUT2D eigenvalue weighted by Gasteiger charge is -2.00. The van der Waals surface area contributed by atoms with Crippen LogP contribution in [0.25, 0.3) is 0 Å². The molecule has 4 N–H and O–H groups in total. The minimum absolute atomic E-state index is 0.333. The fourth-order valence-corrected chi connectivity index (χ4v) is 0.757. The van der Waals surface area contributed by atoms with E-state index in [1.807, 2.05) is 0 Å². The van der Waals surface area contributed by atoms with Crippen molar-refractivity contribution in [2.45, 2.75) is 0 Å². The fraction of sp³-hybridized carbons (Fsp3) is 0. The van der Waals surface area contributed by atoms with Gasteiger partial charge in [0.15, 0.2) is 0 Å². The first-order valence-corrected chi connectivity index (χ1v) is 3.02. The molecular weight excluding hydrogens is 165 g/mol. The monoisotopic (exact) mass is 171 g/mol. The van der Waals surface area contributed by atoms with E-state index in [0.717, 1.165) is 12.1 Å². The largest absolute Gasteiger partial charge is 0.394 e. The standard InChI is InChI=1S/C6H6FN3O2/c7-3-1-2-4(10(11)12)6(9)5(3)8/h1-2H,8-9H2. The lowest BCUT2D eigenvalue weighted by Crippen LogP contribution is -2.02. The Morgan fingerprint density at radius 3 is 2.42 bits per heavy atom. The van der Waals surface area contributed by atoms with E-state index in [4.69, 9.17) is 11.5 Å². The smallest absolute Gasteiger partial charge is 0.294 e. The van der Waals surface area contributed by atoms with Gasteiger partial charge in [-0.2, -0.15) is 0 Å². The van der Waals surface area contributed by atoms with E-state index in [1.165, 1.54) is 0 Å². The van der Waals surface area contributed by atoms with Gasteiger partial charge in [0.1, 0.15) is 11.5 Å². The summed E-state index contributed by atoms with van der Waals surface area (Å²) in [7, 11) is 0. The Kier molecular flexibility index (Phi) is 1.82. The highest BCUT2D eigenvalue weighted by atomic mass is 19.1. The topological polar surface area (TPSA) is 95.2 Å². The van der Waals surface area contributed by atoms with Gasteiger partial charge in [-0.15, -0.1) is 0 Å². The van der Waals surface area contributed by atoms with Gasteiger partial charge in [0, 0.05) is 6.07 Å².